The number of hydrogen-bond acceptors (Lipinski definition) is 3. The average molecular weight is 486 g/mol. The van der Waals surface area contributed by atoms with Crippen molar-refractivity contribution in [3.8, 4) is 0 Å². The van der Waals surface area contributed by atoms with E-state index in [9.17, 15) is 26.4 Å². The number of carbonyl (C=O) groups is 1. The Balaban J connectivity index is 1.95. The molecule has 1 aliphatic heterocycles. The molecule has 1 heterocycles. The topological polar surface area (TPSA) is 54.5 Å². The normalized spacial score (nSPS) is 16.1. The van der Waals surface area contributed by atoms with Gasteiger partial charge in [-0.25, -0.2) is 4.31 Å². The van der Waals surface area contributed by atoms with Crippen molar-refractivity contribution in [2.75, 3.05) is 0 Å². The van der Waals surface area contributed by atoms with Crippen molar-refractivity contribution in [1.82, 2.24) is 4.31 Å². The van der Waals surface area contributed by atoms with Crippen molar-refractivity contribution in [2.45, 2.75) is 11.4 Å². The minimum absolute atomic E-state index is 0.107. The Morgan fingerprint density at radius 2 is 1.52 bits per heavy atom. The number of nitrogens with zero attached hydrogens (tertiary/aromatic N) is 1. The first-order valence-electron chi connectivity index (χ1n) is 8.42. The largest absolute Gasteiger partial charge is 0.517 e. The van der Waals surface area contributed by atoms with Crippen molar-refractivity contribution < 1.29 is 26.4 Å². The predicted octanol–water partition coefficient (Wildman–Crippen LogP) is 5.22. The molecule has 4 nitrogen and oxygen atoms in total. The number of ketones is 1. The zero-order valence-corrected chi connectivity index (χ0v) is 17.2. The third kappa shape index (κ3) is 4.45. The first-order chi connectivity index (χ1) is 13.6. The lowest BCUT2D eigenvalue weighted by atomic mass is 9.80. The van der Waals surface area contributed by atoms with Crippen LogP contribution in [0.25, 0.3) is 0 Å². The van der Waals surface area contributed by atoms with E-state index < -0.39 is 27.4 Å². The van der Waals surface area contributed by atoms with E-state index in [0.29, 0.717) is 11.1 Å². The van der Waals surface area contributed by atoms with Crippen LogP contribution in [0.5, 0.6) is 0 Å². The molecule has 3 rings (SSSR count). The SMILES string of the molecule is O=C(c1ccc(Br)cc1)C(c1ccccc1)C1C=CN(S(=O)(=O)C(F)(F)F)C=C1. The molecule has 0 aromatic heterocycles. The van der Waals surface area contributed by atoms with Crippen LogP contribution in [0.2, 0.25) is 0 Å². The summed E-state index contributed by atoms with van der Waals surface area (Å²) in [5.74, 6) is -1.57. The third-order valence-electron chi connectivity index (χ3n) is 4.44. The predicted molar refractivity (Wildman–Crippen MR) is 106 cm³/mol. The van der Waals surface area contributed by atoms with Crippen molar-refractivity contribution in [3.63, 3.8) is 0 Å². The number of hydrogen-bond donors (Lipinski definition) is 0. The molecule has 29 heavy (non-hydrogen) atoms. The Hall–Kier alpha value is -2.39. The Morgan fingerprint density at radius 1 is 0.966 bits per heavy atom. The Kier molecular flexibility index (Phi) is 6.00. The first kappa shape index (κ1) is 21.3. The van der Waals surface area contributed by atoms with Crippen LogP contribution in [0.4, 0.5) is 13.2 Å². The van der Waals surface area contributed by atoms with Gasteiger partial charge in [0.05, 0.1) is 5.92 Å². The van der Waals surface area contributed by atoms with Gasteiger partial charge in [0.2, 0.25) is 0 Å². The monoisotopic (exact) mass is 485 g/mol. The van der Waals surface area contributed by atoms with E-state index >= 15 is 0 Å². The minimum Gasteiger partial charge on any atom is -0.293 e. The summed E-state index contributed by atoms with van der Waals surface area (Å²) in [6, 6.07) is 15.6. The Labute approximate surface area is 174 Å². The molecule has 2 aromatic carbocycles. The fourth-order valence-corrected chi connectivity index (χ4v) is 3.95. The molecule has 0 saturated carbocycles. The van der Waals surface area contributed by atoms with Gasteiger partial charge in [-0.15, -0.1) is 0 Å². The van der Waals surface area contributed by atoms with Gasteiger partial charge in [-0.3, -0.25) is 4.79 Å². The van der Waals surface area contributed by atoms with Gasteiger partial charge in [0.1, 0.15) is 0 Å². The van der Waals surface area contributed by atoms with Gasteiger partial charge < -0.3 is 0 Å². The molecule has 9 heteroatoms. The summed E-state index contributed by atoms with van der Waals surface area (Å²) in [6.07, 6.45) is 4.24. The fraction of sp³-hybridized carbons (Fsp3) is 0.150. The zero-order valence-electron chi connectivity index (χ0n) is 14.8. The molecule has 0 radical (unpaired) electrons. The first-order valence-corrected chi connectivity index (χ1v) is 10.7. The molecule has 2 aromatic rings. The van der Waals surface area contributed by atoms with E-state index in [-0.39, 0.29) is 10.1 Å². The van der Waals surface area contributed by atoms with Crippen molar-refractivity contribution in [1.29, 1.82) is 0 Å². The zero-order chi connectivity index (χ0) is 21.2. The molecule has 0 fully saturated rings. The number of carbonyl (C=O) groups excluding carboxylic acids is 1. The molecule has 1 unspecified atom stereocenters. The molecule has 1 atom stereocenters. The number of rotatable bonds is 5. The maximum atomic E-state index is 13.2. The van der Waals surface area contributed by atoms with E-state index in [2.05, 4.69) is 15.9 Å². The third-order valence-corrected chi connectivity index (χ3v) is 6.35. The second-order valence-electron chi connectivity index (χ2n) is 6.30. The highest BCUT2D eigenvalue weighted by molar-refractivity contribution is 9.10. The molecule has 1 aliphatic rings. The lowest BCUT2D eigenvalue weighted by Gasteiger charge is -2.27. The van der Waals surface area contributed by atoms with Gasteiger partial charge in [-0.1, -0.05) is 70.5 Å². The molecular formula is C20H15BrF3NO3S. The van der Waals surface area contributed by atoms with Crippen molar-refractivity contribution in [3.05, 3.63) is 94.7 Å². The second-order valence-corrected chi connectivity index (χ2v) is 9.05. The number of halogens is 4. The standard InChI is InChI=1S/C20H15BrF3NO3S/c21-17-8-6-16(7-9-17)19(26)18(14-4-2-1-3-5-14)15-10-12-25(13-11-15)29(27,28)20(22,23)24/h1-13,15,18H. The molecule has 0 N–H and O–H groups in total. The van der Waals surface area contributed by atoms with E-state index in [1.54, 1.807) is 54.6 Å². The van der Waals surface area contributed by atoms with E-state index in [0.717, 1.165) is 16.9 Å². The number of Topliss-reactive ketones (excluding diaryl/α,β-unsaturated/α-hetero) is 1. The summed E-state index contributed by atoms with van der Waals surface area (Å²) in [5, 5.41) is 0. The van der Waals surface area contributed by atoms with Gasteiger partial charge >= 0.3 is 15.5 Å². The number of sulfonamides is 1. The van der Waals surface area contributed by atoms with Crippen LogP contribution >= 0.6 is 15.9 Å². The maximum absolute atomic E-state index is 13.2. The van der Waals surface area contributed by atoms with Crippen LogP contribution in [0.1, 0.15) is 21.8 Å². The molecular weight excluding hydrogens is 471 g/mol. The van der Waals surface area contributed by atoms with Crippen LogP contribution in [-0.2, 0) is 10.0 Å². The van der Waals surface area contributed by atoms with Crippen LogP contribution in [0, 0.1) is 5.92 Å². The van der Waals surface area contributed by atoms with E-state index in [1.807, 2.05) is 0 Å². The summed E-state index contributed by atoms with van der Waals surface area (Å²) in [6.45, 7) is 0. The van der Waals surface area contributed by atoms with Crippen LogP contribution < -0.4 is 0 Å². The minimum atomic E-state index is -5.52. The molecule has 152 valence electrons. The van der Waals surface area contributed by atoms with Crippen LogP contribution in [-0.4, -0.2) is 24.0 Å². The maximum Gasteiger partial charge on any atom is 0.517 e. The molecule has 0 amide bonds. The van der Waals surface area contributed by atoms with Gasteiger partial charge in [0.15, 0.2) is 5.78 Å². The number of alkyl halides is 3. The van der Waals surface area contributed by atoms with E-state index in [1.165, 1.54) is 12.2 Å². The molecule has 0 aliphatic carbocycles. The summed E-state index contributed by atoms with van der Waals surface area (Å²) in [4.78, 5) is 13.2. The van der Waals surface area contributed by atoms with Crippen LogP contribution in [0.15, 0.2) is 83.6 Å². The molecule has 0 spiro atoms. The molecule has 0 bridgehead atoms. The average Bonchev–Trinajstić information content (AvgIpc) is 2.69. The summed E-state index contributed by atoms with van der Waals surface area (Å²) in [7, 11) is -5.52. The molecule has 0 saturated heterocycles. The Bertz CT molecular complexity index is 1030. The van der Waals surface area contributed by atoms with E-state index in [4.69, 9.17) is 0 Å². The summed E-state index contributed by atoms with van der Waals surface area (Å²) >= 11 is 3.31. The number of allylic oxidation sites excluding steroid dienone is 2. The summed E-state index contributed by atoms with van der Waals surface area (Å²) < 4.78 is 62.3. The highest BCUT2D eigenvalue weighted by atomic mass is 79.9. The second kappa shape index (κ2) is 8.16. The lowest BCUT2D eigenvalue weighted by Crippen LogP contribution is -2.35. The lowest BCUT2D eigenvalue weighted by molar-refractivity contribution is -0.0468. The van der Waals surface area contributed by atoms with Gasteiger partial charge in [-0.2, -0.15) is 21.6 Å². The highest BCUT2D eigenvalue weighted by Crippen LogP contribution is 2.35. The van der Waals surface area contributed by atoms with Gasteiger partial charge in [-0.05, 0) is 17.7 Å². The highest BCUT2D eigenvalue weighted by Gasteiger charge is 2.49. The smallest absolute Gasteiger partial charge is 0.293 e. The van der Waals surface area contributed by atoms with Gasteiger partial charge in [0, 0.05) is 28.4 Å². The van der Waals surface area contributed by atoms with Crippen molar-refractivity contribution in [2.24, 2.45) is 5.92 Å². The quantitative estimate of drug-likeness (QED) is 0.545. The fourth-order valence-electron chi connectivity index (χ4n) is 2.99. The Morgan fingerprint density at radius 3 is 2.03 bits per heavy atom. The summed E-state index contributed by atoms with van der Waals surface area (Å²) in [5.41, 5.74) is -4.30. The van der Waals surface area contributed by atoms with Crippen LogP contribution in [0.3, 0.4) is 0 Å². The van der Waals surface area contributed by atoms with Gasteiger partial charge in [0.25, 0.3) is 0 Å². The van der Waals surface area contributed by atoms with Crippen molar-refractivity contribution >= 4 is 31.7 Å². The number of benzene rings is 2.